The SMILES string of the molecule is CC(C)C(C(=O)Nc1ccccc1Br)n1nnc2ccccc2c1=O. The number of nitrogens with zero attached hydrogens (tertiary/aromatic N) is 3. The Morgan fingerprint density at radius 1 is 1.12 bits per heavy atom. The lowest BCUT2D eigenvalue weighted by Crippen LogP contribution is -2.38. The molecule has 25 heavy (non-hydrogen) atoms. The molecule has 1 unspecified atom stereocenters. The van der Waals surface area contributed by atoms with Crippen LogP contribution in [0, 0.1) is 5.92 Å². The summed E-state index contributed by atoms with van der Waals surface area (Å²) >= 11 is 3.40. The third kappa shape index (κ3) is 3.46. The average Bonchev–Trinajstić information content (AvgIpc) is 2.59. The number of carbonyl (C=O) groups excluding carboxylic acids is 1. The topological polar surface area (TPSA) is 76.9 Å². The molecule has 0 aliphatic carbocycles. The average molecular weight is 401 g/mol. The molecule has 3 aromatic rings. The van der Waals surface area contributed by atoms with E-state index in [9.17, 15) is 9.59 Å². The van der Waals surface area contributed by atoms with Crippen LogP contribution >= 0.6 is 15.9 Å². The van der Waals surface area contributed by atoms with Crippen LogP contribution in [0.25, 0.3) is 10.9 Å². The summed E-state index contributed by atoms with van der Waals surface area (Å²) in [5.74, 6) is -0.454. The molecule has 1 amide bonds. The van der Waals surface area contributed by atoms with Gasteiger partial charge in [-0.05, 0) is 46.1 Å². The maximum absolute atomic E-state index is 12.8. The van der Waals surface area contributed by atoms with Gasteiger partial charge < -0.3 is 5.32 Å². The van der Waals surface area contributed by atoms with Gasteiger partial charge in [0.25, 0.3) is 5.56 Å². The van der Waals surface area contributed by atoms with E-state index in [1.54, 1.807) is 30.3 Å². The minimum atomic E-state index is -0.767. The summed E-state index contributed by atoms with van der Waals surface area (Å²) in [5, 5.41) is 11.4. The summed E-state index contributed by atoms with van der Waals surface area (Å²) in [4.78, 5) is 25.6. The number of amides is 1. The predicted molar refractivity (Wildman–Crippen MR) is 100 cm³/mol. The molecule has 1 N–H and O–H groups in total. The standard InChI is InChI=1S/C18H17BrN4O2/c1-11(2)16(17(24)20-15-10-6-4-8-13(15)19)23-18(25)12-7-3-5-9-14(12)21-22-23/h3-11,16H,1-2H3,(H,20,24). The summed E-state index contributed by atoms with van der Waals surface area (Å²) in [7, 11) is 0. The highest BCUT2D eigenvalue weighted by Crippen LogP contribution is 2.24. The summed E-state index contributed by atoms with van der Waals surface area (Å²) < 4.78 is 1.93. The van der Waals surface area contributed by atoms with E-state index in [0.29, 0.717) is 16.6 Å². The Kier molecular flexibility index (Phi) is 4.94. The van der Waals surface area contributed by atoms with Gasteiger partial charge in [-0.3, -0.25) is 9.59 Å². The first-order valence-electron chi connectivity index (χ1n) is 7.88. The van der Waals surface area contributed by atoms with Crippen molar-refractivity contribution in [2.45, 2.75) is 19.9 Å². The number of aromatic nitrogens is 3. The van der Waals surface area contributed by atoms with Crippen molar-refractivity contribution in [1.82, 2.24) is 15.0 Å². The molecule has 6 nitrogen and oxygen atoms in total. The molecule has 0 bridgehead atoms. The maximum atomic E-state index is 12.8. The highest BCUT2D eigenvalue weighted by Gasteiger charge is 2.27. The molecule has 7 heteroatoms. The molecule has 0 fully saturated rings. The molecular formula is C18H17BrN4O2. The van der Waals surface area contributed by atoms with Gasteiger partial charge in [-0.2, -0.15) is 4.68 Å². The zero-order valence-electron chi connectivity index (χ0n) is 13.8. The third-order valence-electron chi connectivity index (χ3n) is 3.89. The van der Waals surface area contributed by atoms with Crippen molar-refractivity contribution in [3.05, 3.63) is 63.4 Å². The Morgan fingerprint density at radius 2 is 1.80 bits per heavy atom. The van der Waals surface area contributed by atoms with Crippen molar-refractivity contribution >= 4 is 38.4 Å². The van der Waals surface area contributed by atoms with Gasteiger partial charge in [0, 0.05) is 4.47 Å². The minimum Gasteiger partial charge on any atom is -0.323 e. The van der Waals surface area contributed by atoms with Gasteiger partial charge in [0.1, 0.15) is 11.6 Å². The Hall–Kier alpha value is -2.54. The number of rotatable bonds is 4. The number of anilines is 1. The number of fused-ring (bicyclic) bond motifs is 1. The van der Waals surface area contributed by atoms with Crippen molar-refractivity contribution in [1.29, 1.82) is 0 Å². The molecule has 0 aliphatic rings. The Balaban J connectivity index is 2.02. The molecule has 0 aliphatic heterocycles. The van der Waals surface area contributed by atoms with Gasteiger partial charge in [-0.1, -0.05) is 43.3 Å². The lowest BCUT2D eigenvalue weighted by Gasteiger charge is -2.21. The zero-order valence-corrected chi connectivity index (χ0v) is 15.4. The van der Waals surface area contributed by atoms with Crippen LogP contribution < -0.4 is 10.9 Å². The van der Waals surface area contributed by atoms with E-state index < -0.39 is 6.04 Å². The molecular weight excluding hydrogens is 384 g/mol. The number of hydrogen-bond donors (Lipinski definition) is 1. The molecule has 128 valence electrons. The minimum absolute atomic E-state index is 0.143. The fourth-order valence-corrected chi connectivity index (χ4v) is 3.03. The molecule has 2 aromatic carbocycles. The van der Waals surface area contributed by atoms with E-state index in [4.69, 9.17) is 0 Å². The van der Waals surface area contributed by atoms with E-state index in [0.717, 1.165) is 4.47 Å². The van der Waals surface area contributed by atoms with Gasteiger partial charge in [-0.15, -0.1) is 5.10 Å². The number of hydrogen-bond acceptors (Lipinski definition) is 4. The molecule has 0 saturated heterocycles. The first-order chi connectivity index (χ1) is 12.0. The van der Waals surface area contributed by atoms with Crippen LogP contribution in [0.2, 0.25) is 0 Å². The number of para-hydroxylation sites is 1. The predicted octanol–water partition coefficient (Wildman–Crippen LogP) is 3.39. The largest absolute Gasteiger partial charge is 0.323 e. The molecule has 0 radical (unpaired) electrons. The van der Waals surface area contributed by atoms with Crippen LogP contribution in [0.15, 0.2) is 57.8 Å². The second-order valence-electron chi connectivity index (χ2n) is 6.01. The number of carbonyl (C=O) groups is 1. The first kappa shape index (κ1) is 17.3. The lowest BCUT2D eigenvalue weighted by atomic mass is 10.0. The van der Waals surface area contributed by atoms with Crippen molar-refractivity contribution in [3.8, 4) is 0 Å². The van der Waals surface area contributed by atoms with Crippen molar-refractivity contribution in [2.75, 3.05) is 5.32 Å². The highest BCUT2D eigenvalue weighted by molar-refractivity contribution is 9.10. The van der Waals surface area contributed by atoms with Crippen LogP contribution in [0.3, 0.4) is 0 Å². The summed E-state index contributed by atoms with van der Waals surface area (Å²) in [5.41, 5.74) is 0.823. The Labute approximate surface area is 153 Å². The van der Waals surface area contributed by atoms with Crippen molar-refractivity contribution in [2.24, 2.45) is 5.92 Å². The Morgan fingerprint density at radius 3 is 2.52 bits per heavy atom. The van der Waals surface area contributed by atoms with Crippen molar-refractivity contribution in [3.63, 3.8) is 0 Å². The quantitative estimate of drug-likeness (QED) is 0.727. The fraction of sp³-hybridized carbons (Fsp3) is 0.222. The second-order valence-corrected chi connectivity index (χ2v) is 6.87. The fourth-order valence-electron chi connectivity index (χ4n) is 2.65. The van der Waals surface area contributed by atoms with Gasteiger partial charge in [0.15, 0.2) is 0 Å². The maximum Gasteiger partial charge on any atom is 0.278 e. The van der Waals surface area contributed by atoms with E-state index in [1.165, 1.54) is 4.68 Å². The van der Waals surface area contributed by atoms with Gasteiger partial charge >= 0.3 is 0 Å². The molecule has 0 saturated carbocycles. The molecule has 1 aromatic heterocycles. The van der Waals surface area contributed by atoms with Crippen LogP contribution in [0.1, 0.15) is 19.9 Å². The molecule has 3 rings (SSSR count). The van der Waals surface area contributed by atoms with Gasteiger partial charge in [0.2, 0.25) is 5.91 Å². The first-order valence-corrected chi connectivity index (χ1v) is 8.68. The van der Waals surface area contributed by atoms with Crippen LogP contribution in [0.5, 0.6) is 0 Å². The van der Waals surface area contributed by atoms with Crippen LogP contribution in [-0.4, -0.2) is 20.9 Å². The van der Waals surface area contributed by atoms with E-state index >= 15 is 0 Å². The normalized spacial score (nSPS) is 12.3. The monoisotopic (exact) mass is 400 g/mol. The van der Waals surface area contributed by atoms with E-state index in [-0.39, 0.29) is 17.4 Å². The van der Waals surface area contributed by atoms with Gasteiger partial charge in [0.05, 0.1) is 11.1 Å². The summed E-state index contributed by atoms with van der Waals surface area (Å²) in [6, 6.07) is 13.5. The number of benzene rings is 2. The van der Waals surface area contributed by atoms with Gasteiger partial charge in [-0.25, -0.2) is 0 Å². The smallest absolute Gasteiger partial charge is 0.278 e. The number of nitrogens with one attached hydrogen (secondary N) is 1. The lowest BCUT2D eigenvalue weighted by molar-refractivity contribution is -0.120. The molecule has 0 spiro atoms. The van der Waals surface area contributed by atoms with E-state index in [1.807, 2.05) is 32.0 Å². The van der Waals surface area contributed by atoms with Crippen molar-refractivity contribution < 1.29 is 4.79 Å². The third-order valence-corrected chi connectivity index (χ3v) is 4.58. The molecule has 1 atom stereocenters. The van der Waals surface area contributed by atoms with Crippen LogP contribution in [0.4, 0.5) is 5.69 Å². The number of halogens is 1. The summed E-state index contributed by atoms with van der Waals surface area (Å²) in [6.45, 7) is 3.74. The Bertz CT molecular complexity index is 984. The molecule has 1 heterocycles. The second kappa shape index (κ2) is 7.14. The summed E-state index contributed by atoms with van der Waals surface area (Å²) in [6.07, 6.45) is 0. The van der Waals surface area contributed by atoms with Crippen LogP contribution in [-0.2, 0) is 4.79 Å². The van der Waals surface area contributed by atoms with E-state index in [2.05, 4.69) is 31.6 Å². The zero-order chi connectivity index (χ0) is 18.0. The highest BCUT2D eigenvalue weighted by atomic mass is 79.9.